The van der Waals surface area contributed by atoms with Crippen LogP contribution in [-0.4, -0.2) is 39.9 Å². The predicted octanol–water partition coefficient (Wildman–Crippen LogP) is 3.17. The van der Waals surface area contributed by atoms with Crippen LogP contribution in [0.4, 0.5) is 5.82 Å². The molecule has 0 aliphatic heterocycles. The minimum atomic E-state index is -0.231. The predicted molar refractivity (Wildman–Crippen MR) is 112 cm³/mol. The number of aromatic amines is 1. The Labute approximate surface area is 170 Å². The van der Waals surface area contributed by atoms with Crippen LogP contribution in [0.25, 0.3) is 0 Å². The smallest absolute Gasteiger partial charge is 0.287 e. The Bertz CT molecular complexity index is 974. The maximum Gasteiger partial charge on any atom is 0.287 e. The van der Waals surface area contributed by atoms with Crippen LogP contribution in [0.15, 0.2) is 42.7 Å². The normalized spacial score (nSPS) is 14.4. The molecule has 1 aliphatic rings. The molecule has 1 amide bonds. The minimum absolute atomic E-state index is 0.218. The van der Waals surface area contributed by atoms with Gasteiger partial charge in [-0.2, -0.15) is 0 Å². The van der Waals surface area contributed by atoms with Crippen LogP contribution < -0.4 is 10.2 Å². The first-order chi connectivity index (χ1) is 14.0. The van der Waals surface area contributed by atoms with Crippen LogP contribution in [0.3, 0.4) is 0 Å². The maximum absolute atomic E-state index is 12.7. The Morgan fingerprint density at radius 2 is 2.10 bits per heavy atom. The fourth-order valence-electron chi connectivity index (χ4n) is 3.33. The average molecular weight is 390 g/mol. The van der Waals surface area contributed by atoms with Crippen LogP contribution in [0.2, 0.25) is 0 Å². The molecule has 1 aromatic carbocycles. The second-order valence-electron chi connectivity index (χ2n) is 7.83. The van der Waals surface area contributed by atoms with E-state index < -0.39 is 0 Å². The van der Waals surface area contributed by atoms with Gasteiger partial charge in [0.25, 0.3) is 5.91 Å². The number of hydrogen-bond donors (Lipinski definition) is 2. The lowest BCUT2D eigenvalue weighted by atomic mass is 9.99. The van der Waals surface area contributed by atoms with E-state index in [1.54, 1.807) is 12.4 Å². The largest absolute Gasteiger partial charge is 0.363 e. The Morgan fingerprint density at radius 3 is 2.76 bits per heavy atom. The van der Waals surface area contributed by atoms with Gasteiger partial charge in [-0.3, -0.25) is 4.79 Å². The van der Waals surface area contributed by atoms with Gasteiger partial charge in [0.1, 0.15) is 11.6 Å². The Kier molecular flexibility index (Phi) is 5.29. The third-order valence-corrected chi connectivity index (χ3v) is 5.06. The van der Waals surface area contributed by atoms with Gasteiger partial charge in [-0.1, -0.05) is 29.8 Å². The van der Waals surface area contributed by atoms with Crippen molar-refractivity contribution in [3.05, 3.63) is 71.2 Å². The van der Waals surface area contributed by atoms with E-state index in [0.717, 1.165) is 41.3 Å². The van der Waals surface area contributed by atoms with Crippen molar-refractivity contribution in [3.8, 4) is 0 Å². The second-order valence-corrected chi connectivity index (χ2v) is 7.83. The van der Waals surface area contributed by atoms with Gasteiger partial charge in [-0.25, -0.2) is 15.0 Å². The highest BCUT2D eigenvalue weighted by atomic mass is 16.2. The number of carbonyl (C=O) groups is 1. The number of carbonyl (C=O) groups excluding carboxylic acids is 1. The number of aromatic nitrogens is 4. The highest BCUT2D eigenvalue weighted by molar-refractivity contribution is 5.90. The first-order valence-electron chi connectivity index (χ1n) is 9.91. The fourth-order valence-corrected chi connectivity index (χ4v) is 3.33. The van der Waals surface area contributed by atoms with E-state index in [4.69, 9.17) is 9.97 Å². The highest BCUT2D eigenvalue weighted by Crippen LogP contribution is 2.38. The molecule has 0 radical (unpaired) electrons. The van der Waals surface area contributed by atoms with E-state index >= 15 is 0 Å². The SMILES string of the molecule is Cc1cccc(C(Cc2cc(N(C)C)nc(C3CC3)n2)NC(=O)c2ncc[nH]2)c1. The number of nitrogens with zero attached hydrogens (tertiary/aromatic N) is 4. The van der Waals surface area contributed by atoms with Crippen molar-refractivity contribution in [3.63, 3.8) is 0 Å². The number of hydrogen-bond acceptors (Lipinski definition) is 5. The van der Waals surface area contributed by atoms with E-state index in [2.05, 4.69) is 34.3 Å². The summed E-state index contributed by atoms with van der Waals surface area (Å²) in [5.41, 5.74) is 3.12. The molecule has 1 aliphatic carbocycles. The van der Waals surface area contributed by atoms with Crippen LogP contribution in [0, 0.1) is 6.92 Å². The second kappa shape index (κ2) is 8.03. The summed E-state index contributed by atoms with van der Waals surface area (Å²) in [7, 11) is 3.97. The highest BCUT2D eigenvalue weighted by Gasteiger charge is 2.28. The van der Waals surface area contributed by atoms with Gasteiger partial charge in [0.05, 0.1) is 6.04 Å². The number of H-pyrrole nitrogens is 1. The summed E-state index contributed by atoms with van der Waals surface area (Å²) in [5, 5.41) is 3.12. The molecule has 0 bridgehead atoms. The zero-order valence-corrected chi connectivity index (χ0v) is 17.0. The van der Waals surface area contributed by atoms with Gasteiger partial charge < -0.3 is 15.2 Å². The van der Waals surface area contributed by atoms with E-state index in [1.807, 2.05) is 37.2 Å². The molecule has 29 heavy (non-hydrogen) atoms. The van der Waals surface area contributed by atoms with Crippen LogP contribution in [-0.2, 0) is 6.42 Å². The van der Waals surface area contributed by atoms with Gasteiger partial charge in [0.15, 0.2) is 5.82 Å². The van der Waals surface area contributed by atoms with Gasteiger partial charge in [0, 0.05) is 50.6 Å². The van der Waals surface area contributed by atoms with Crippen molar-refractivity contribution in [2.45, 2.75) is 38.1 Å². The molecule has 0 saturated heterocycles. The molecular formula is C22H26N6O. The summed E-state index contributed by atoms with van der Waals surface area (Å²) in [6, 6.07) is 9.99. The molecule has 4 rings (SSSR count). The first-order valence-corrected chi connectivity index (χ1v) is 9.91. The number of imidazole rings is 1. The summed E-state index contributed by atoms with van der Waals surface area (Å²) in [4.78, 5) is 31.1. The first kappa shape index (κ1) is 19.1. The topological polar surface area (TPSA) is 86.8 Å². The minimum Gasteiger partial charge on any atom is -0.363 e. The summed E-state index contributed by atoms with van der Waals surface area (Å²) in [6.07, 6.45) is 6.09. The number of benzene rings is 1. The third kappa shape index (κ3) is 4.62. The van der Waals surface area contributed by atoms with Gasteiger partial charge in [0.2, 0.25) is 0 Å². The zero-order chi connectivity index (χ0) is 20.4. The summed E-state index contributed by atoms with van der Waals surface area (Å²) in [6.45, 7) is 2.05. The van der Waals surface area contributed by atoms with E-state index in [1.165, 1.54) is 0 Å². The van der Waals surface area contributed by atoms with Gasteiger partial charge in [-0.15, -0.1) is 0 Å². The quantitative estimate of drug-likeness (QED) is 0.647. The molecule has 7 nitrogen and oxygen atoms in total. The molecule has 1 unspecified atom stereocenters. The molecular weight excluding hydrogens is 364 g/mol. The van der Waals surface area contributed by atoms with Crippen molar-refractivity contribution in [2.24, 2.45) is 0 Å². The van der Waals surface area contributed by atoms with Crippen molar-refractivity contribution >= 4 is 11.7 Å². The number of rotatable bonds is 7. The number of nitrogens with one attached hydrogen (secondary N) is 2. The van der Waals surface area contributed by atoms with Crippen LogP contribution in [0.5, 0.6) is 0 Å². The third-order valence-electron chi connectivity index (χ3n) is 5.06. The summed E-state index contributed by atoms with van der Waals surface area (Å²) < 4.78 is 0. The standard InChI is InChI=1S/C22H26N6O/c1-14-5-4-6-16(11-14)18(26-22(29)21-23-9-10-24-21)12-17-13-19(28(2)3)27-20(25-17)15-7-8-15/h4-6,9-11,13,15,18H,7-8,12H2,1-3H3,(H,23,24)(H,26,29). The van der Waals surface area contributed by atoms with Crippen molar-refractivity contribution in [1.29, 1.82) is 0 Å². The number of anilines is 1. The molecule has 2 N–H and O–H groups in total. The molecule has 1 atom stereocenters. The Hall–Kier alpha value is -3.22. The van der Waals surface area contributed by atoms with Gasteiger partial charge >= 0.3 is 0 Å². The number of aryl methyl sites for hydroxylation is 1. The fraction of sp³-hybridized carbons (Fsp3) is 0.364. The zero-order valence-electron chi connectivity index (χ0n) is 17.0. The molecule has 1 fully saturated rings. The molecule has 3 aromatic rings. The van der Waals surface area contributed by atoms with Crippen LogP contribution in [0.1, 0.15) is 58.1 Å². The van der Waals surface area contributed by atoms with E-state index in [9.17, 15) is 4.79 Å². The molecule has 2 heterocycles. The van der Waals surface area contributed by atoms with Crippen molar-refractivity contribution < 1.29 is 4.79 Å². The molecule has 150 valence electrons. The maximum atomic E-state index is 12.7. The lowest BCUT2D eigenvalue weighted by molar-refractivity contribution is 0.0926. The van der Waals surface area contributed by atoms with Crippen LogP contribution >= 0.6 is 0 Å². The Morgan fingerprint density at radius 1 is 1.28 bits per heavy atom. The Balaban J connectivity index is 1.65. The average Bonchev–Trinajstić information content (AvgIpc) is 3.41. The molecule has 0 spiro atoms. The molecule has 1 saturated carbocycles. The van der Waals surface area contributed by atoms with E-state index in [0.29, 0.717) is 18.2 Å². The van der Waals surface area contributed by atoms with Gasteiger partial charge in [-0.05, 0) is 25.3 Å². The summed E-state index contributed by atoms with van der Waals surface area (Å²) in [5.74, 6) is 2.34. The molecule has 2 aromatic heterocycles. The molecule has 7 heteroatoms. The number of amides is 1. The lowest BCUT2D eigenvalue weighted by Gasteiger charge is -2.20. The van der Waals surface area contributed by atoms with E-state index in [-0.39, 0.29) is 11.9 Å². The monoisotopic (exact) mass is 390 g/mol. The van der Waals surface area contributed by atoms with Crippen molar-refractivity contribution in [1.82, 2.24) is 25.3 Å². The van der Waals surface area contributed by atoms with Crippen molar-refractivity contribution in [2.75, 3.05) is 19.0 Å². The lowest BCUT2D eigenvalue weighted by Crippen LogP contribution is -2.31. The summed E-state index contributed by atoms with van der Waals surface area (Å²) >= 11 is 0.